The second-order valence-corrected chi connectivity index (χ2v) is 1.75. The summed E-state index contributed by atoms with van der Waals surface area (Å²) in [6.07, 6.45) is 5.34. The Labute approximate surface area is 58.1 Å². The van der Waals surface area contributed by atoms with E-state index < -0.39 is 0 Å². The first-order valence-electron chi connectivity index (χ1n) is 2.71. The monoisotopic (exact) mass is 136 g/mol. The van der Waals surface area contributed by atoms with Crippen molar-refractivity contribution < 1.29 is 0 Å². The molecule has 0 unspecified atom stereocenters. The van der Waals surface area contributed by atoms with Crippen LogP contribution in [0.3, 0.4) is 0 Å². The molecule has 0 saturated heterocycles. The van der Waals surface area contributed by atoms with Crippen molar-refractivity contribution in [3.63, 3.8) is 0 Å². The van der Waals surface area contributed by atoms with Crippen LogP contribution < -0.4 is 6.15 Å². The van der Waals surface area contributed by atoms with Crippen LogP contribution in [0.4, 0.5) is 0 Å². The van der Waals surface area contributed by atoms with Crippen LogP contribution in [0.25, 0.3) is 5.65 Å². The standard InChI is InChI=1S/C6H5N3.H3N/c1-3-7-6-2-4-8-9(6)5-1;/h1-5H;1H3. The molecule has 0 saturated carbocycles. The lowest BCUT2D eigenvalue weighted by Gasteiger charge is -1.85. The fourth-order valence-electron chi connectivity index (χ4n) is 0.764. The molecule has 2 aromatic heterocycles. The van der Waals surface area contributed by atoms with E-state index in [4.69, 9.17) is 0 Å². The largest absolute Gasteiger partial charge is 0.344 e. The lowest BCUT2D eigenvalue weighted by atomic mass is 10.6. The lowest BCUT2D eigenvalue weighted by molar-refractivity contribution is 0.939. The summed E-state index contributed by atoms with van der Waals surface area (Å²) in [5.74, 6) is 0. The minimum absolute atomic E-state index is 0. The lowest BCUT2D eigenvalue weighted by Crippen LogP contribution is -1.85. The van der Waals surface area contributed by atoms with Crippen molar-refractivity contribution in [3.8, 4) is 0 Å². The summed E-state index contributed by atoms with van der Waals surface area (Å²) in [6.45, 7) is 0. The molecule has 3 N–H and O–H groups in total. The third kappa shape index (κ3) is 0.844. The van der Waals surface area contributed by atoms with Gasteiger partial charge in [-0.1, -0.05) is 0 Å². The van der Waals surface area contributed by atoms with Crippen LogP contribution in [0, 0.1) is 0 Å². The molecule has 4 heteroatoms. The Morgan fingerprint density at radius 1 is 1.30 bits per heavy atom. The van der Waals surface area contributed by atoms with Crippen molar-refractivity contribution >= 4 is 5.65 Å². The number of fused-ring (bicyclic) bond motifs is 1. The summed E-state index contributed by atoms with van der Waals surface area (Å²) < 4.78 is 1.72. The molecule has 2 rings (SSSR count). The maximum Gasteiger partial charge on any atom is 0.154 e. The molecule has 0 aliphatic carbocycles. The number of nitrogens with zero attached hydrogens (tertiary/aromatic N) is 3. The van der Waals surface area contributed by atoms with E-state index in [0.29, 0.717) is 0 Å². The van der Waals surface area contributed by atoms with Gasteiger partial charge < -0.3 is 6.15 Å². The van der Waals surface area contributed by atoms with E-state index in [1.807, 2.05) is 18.3 Å². The van der Waals surface area contributed by atoms with Gasteiger partial charge in [0.25, 0.3) is 0 Å². The second-order valence-electron chi connectivity index (χ2n) is 1.75. The Hall–Kier alpha value is -1.42. The first-order valence-corrected chi connectivity index (χ1v) is 2.71. The van der Waals surface area contributed by atoms with Crippen LogP contribution in [0.15, 0.2) is 30.7 Å². The molecule has 0 atom stereocenters. The van der Waals surface area contributed by atoms with Gasteiger partial charge in [0.2, 0.25) is 0 Å². The molecule has 0 amide bonds. The van der Waals surface area contributed by atoms with Crippen molar-refractivity contribution in [2.24, 2.45) is 0 Å². The van der Waals surface area contributed by atoms with Crippen LogP contribution in [0.1, 0.15) is 0 Å². The number of hydrogen-bond donors (Lipinski definition) is 1. The molecule has 4 nitrogen and oxygen atoms in total. The number of aromatic nitrogens is 3. The zero-order valence-corrected chi connectivity index (χ0v) is 5.44. The fraction of sp³-hybridized carbons (Fsp3) is 0. The van der Waals surface area contributed by atoms with E-state index in [1.54, 1.807) is 16.9 Å². The zero-order valence-electron chi connectivity index (χ0n) is 5.44. The first kappa shape index (κ1) is 6.70. The van der Waals surface area contributed by atoms with Gasteiger partial charge in [0.1, 0.15) is 0 Å². The van der Waals surface area contributed by atoms with Crippen LogP contribution in [-0.4, -0.2) is 14.6 Å². The van der Waals surface area contributed by atoms with Crippen molar-refractivity contribution in [1.29, 1.82) is 0 Å². The summed E-state index contributed by atoms with van der Waals surface area (Å²) in [7, 11) is 0. The molecule has 0 aromatic carbocycles. The maximum absolute atomic E-state index is 4.04. The van der Waals surface area contributed by atoms with Crippen molar-refractivity contribution in [3.05, 3.63) is 30.7 Å². The topological polar surface area (TPSA) is 65.2 Å². The third-order valence-corrected chi connectivity index (χ3v) is 1.17. The minimum atomic E-state index is 0. The molecule has 52 valence electrons. The normalized spacial score (nSPS) is 9.20. The Bertz CT molecular complexity index is 284. The summed E-state index contributed by atoms with van der Waals surface area (Å²) in [5, 5.41) is 3.97. The Morgan fingerprint density at radius 2 is 2.20 bits per heavy atom. The molecular formula is C6H8N4. The summed E-state index contributed by atoms with van der Waals surface area (Å²) >= 11 is 0. The smallest absolute Gasteiger partial charge is 0.154 e. The molecule has 0 bridgehead atoms. The van der Waals surface area contributed by atoms with Gasteiger partial charge in [-0.2, -0.15) is 5.10 Å². The van der Waals surface area contributed by atoms with E-state index in [-0.39, 0.29) is 6.15 Å². The van der Waals surface area contributed by atoms with Gasteiger partial charge in [-0.3, -0.25) is 0 Å². The maximum atomic E-state index is 4.04. The van der Waals surface area contributed by atoms with E-state index in [2.05, 4.69) is 10.1 Å². The minimum Gasteiger partial charge on any atom is -0.344 e. The molecule has 2 heterocycles. The first-order chi connectivity index (χ1) is 4.47. The van der Waals surface area contributed by atoms with E-state index in [1.165, 1.54) is 0 Å². The van der Waals surface area contributed by atoms with Gasteiger partial charge in [0.05, 0.1) is 6.20 Å². The van der Waals surface area contributed by atoms with Gasteiger partial charge in [-0.15, -0.1) is 0 Å². The highest BCUT2D eigenvalue weighted by molar-refractivity contribution is 5.33. The van der Waals surface area contributed by atoms with Crippen LogP contribution in [0.5, 0.6) is 0 Å². The Balaban J connectivity index is 0.000000500. The Morgan fingerprint density at radius 3 is 3.00 bits per heavy atom. The van der Waals surface area contributed by atoms with Crippen LogP contribution in [-0.2, 0) is 0 Å². The highest BCUT2D eigenvalue weighted by atomic mass is 15.2. The third-order valence-electron chi connectivity index (χ3n) is 1.17. The van der Waals surface area contributed by atoms with Gasteiger partial charge in [0.15, 0.2) is 5.65 Å². The zero-order chi connectivity index (χ0) is 6.10. The highest BCUT2D eigenvalue weighted by Gasteiger charge is 1.86. The molecule has 0 fully saturated rings. The average Bonchev–Trinajstić information content (AvgIpc) is 2.33. The molecule has 0 radical (unpaired) electrons. The number of rotatable bonds is 0. The molecule has 0 aliphatic rings. The van der Waals surface area contributed by atoms with Crippen molar-refractivity contribution in [1.82, 2.24) is 20.7 Å². The fourth-order valence-corrected chi connectivity index (χ4v) is 0.764. The molecule has 0 aliphatic heterocycles. The van der Waals surface area contributed by atoms with Crippen LogP contribution >= 0.6 is 0 Å². The van der Waals surface area contributed by atoms with E-state index in [0.717, 1.165) is 5.65 Å². The van der Waals surface area contributed by atoms with Gasteiger partial charge >= 0.3 is 0 Å². The van der Waals surface area contributed by atoms with Gasteiger partial charge in [-0.05, 0) is 6.07 Å². The average molecular weight is 136 g/mol. The number of hydrogen-bond acceptors (Lipinski definition) is 3. The quantitative estimate of drug-likeness (QED) is 0.585. The molecule has 2 aromatic rings. The van der Waals surface area contributed by atoms with Gasteiger partial charge in [-0.25, -0.2) is 9.50 Å². The predicted molar refractivity (Wildman–Crippen MR) is 38.0 cm³/mol. The Kier molecular flexibility index (Phi) is 1.64. The molecular weight excluding hydrogens is 128 g/mol. The highest BCUT2D eigenvalue weighted by Crippen LogP contribution is 1.93. The van der Waals surface area contributed by atoms with E-state index in [9.17, 15) is 0 Å². The summed E-state index contributed by atoms with van der Waals surface area (Å²) in [5.41, 5.74) is 0.887. The summed E-state index contributed by atoms with van der Waals surface area (Å²) in [6, 6.07) is 3.71. The van der Waals surface area contributed by atoms with Crippen LogP contribution in [0.2, 0.25) is 0 Å². The molecule has 0 spiro atoms. The van der Waals surface area contributed by atoms with Crippen molar-refractivity contribution in [2.45, 2.75) is 0 Å². The second kappa shape index (κ2) is 2.45. The van der Waals surface area contributed by atoms with Gasteiger partial charge in [0, 0.05) is 18.5 Å². The predicted octanol–water partition coefficient (Wildman–Crippen LogP) is 0.891. The van der Waals surface area contributed by atoms with Crippen molar-refractivity contribution in [2.75, 3.05) is 0 Å². The summed E-state index contributed by atoms with van der Waals surface area (Å²) in [4.78, 5) is 4.04. The molecule has 10 heavy (non-hydrogen) atoms. The SMILES string of the molecule is N.c1cnc2ccnn2c1. The van der Waals surface area contributed by atoms with E-state index >= 15 is 0 Å².